The van der Waals surface area contributed by atoms with Gasteiger partial charge in [-0.1, -0.05) is 55.5 Å². The molecule has 0 radical (unpaired) electrons. The van der Waals surface area contributed by atoms with Crippen LogP contribution >= 0.6 is 22.7 Å². The monoisotopic (exact) mass is 879 g/mol. The van der Waals surface area contributed by atoms with Crippen LogP contribution in [0, 0.1) is 0 Å². The van der Waals surface area contributed by atoms with Crippen LogP contribution in [0.25, 0.3) is 10.2 Å². The highest BCUT2D eigenvalue weighted by Crippen LogP contribution is 2.33. The molecule has 6 rings (SSSR count). The molecule has 0 bridgehead atoms. The number of halogens is 6. The molecule has 2 aliphatic heterocycles. The second kappa shape index (κ2) is 20.1. The number of phenolic OH excluding ortho intramolecular Hbond substituents is 1. The first-order valence-electron chi connectivity index (χ1n) is 18.1. The molecule has 14 nitrogen and oxygen atoms in total. The number of phenols is 1. The van der Waals surface area contributed by atoms with Crippen LogP contribution in [0.1, 0.15) is 70.9 Å². The Morgan fingerprint density at radius 1 is 1.00 bits per heavy atom. The molecule has 22 heteroatoms. The van der Waals surface area contributed by atoms with Gasteiger partial charge < -0.3 is 40.4 Å². The number of ether oxygens (including phenoxy) is 1. The van der Waals surface area contributed by atoms with E-state index in [1.165, 1.54) is 28.5 Å². The highest BCUT2D eigenvalue weighted by Gasteiger charge is 2.42. The number of alkyl halides is 6. The number of fused-ring (bicyclic) bond motifs is 1. The number of aliphatic hydroxyl groups is 1. The van der Waals surface area contributed by atoms with Gasteiger partial charge in [0, 0.05) is 43.7 Å². The maximum absolute atomic E-state index is 13.2. The average Bonchev–Trinajstić information content (AvgIpc) is 3.82. The molecule has 59 heavy (non-hydrogen) atoms. The van der Waals surface area contributed by atoms with Crippen LogP contribution in [0.2, 0.25) is 0 Å². The van der Waals surface area contributed by atoms with Crippen molar-refractivity contribution < 1.29 is 65.9 Å². The predicted octanol–water partition coefficient (Wildman–Crippen LogP) is 5.51. The molecule has 2 saturated heterocycles. The summed E-state index contributed by atoms with van der Waals surface area (Å²) >= 11 is 2.43. The molecule has 0 unspecified atom stereocenters. The van der Waals surface area contributed by atoms with Gasteiger partial charge in [0.1, 0.15) is 11.3 Å². The van der Waals surface area contributed by atoms with Gasteiger partial charge >= 0.3 is 29.2 Å². The summed E-state index contributed by atoms with van der Waals surface area (Å²) in [5, 5.41) is 40.9. The van der Waals surface area contributed by atoms with Gasteiger partial charge in [0.2, 0.25) is 0 Å². The van der Waals surface area contributed by atoms with Crippen LogP contribution in [0.15, 0.2) is 46.6 Å². The van der Waals surface area contributed by atoms with E-state index in [9.17, 15) is 46.1 Å². The molecule has 1 spiro atoms. The molecule has 4 aromatic rings. The van der Waals surface area contributed by atoms with Crippen molar-refractivity contribution in [2.45, 2.75) is 69.6 Å². The zero-order valence-corrected chi connectivity index (χ0v) is 33.4. The summed E-state index contributed by atoms with van der Waals surface area (Å²) in [5.74, 6) is -5.18. The Morgan fingerprint density at radius 3 is 2.22 bits per heavy atom. The number of benzene rings is 2. The number of hydrogen-bond acceptors (Lipinski definition) is 12. The number of amides is 1. The first-order chi connectivity index (χ1) is 27.6. The molecule has 0 aliphatic carbocycles. The lowest BCUT2D eigenvalue weighted by molar-refractivity contribution is -0.193. The van der Waals surface area contributed by atoms with E-state index in [2.05, 4.69) is 58.3 Å². The maximum atomic E-state index is 13.2. The van der Waals surface area contributed by atoms with E-state index in [4.69, 9.17) is 24.5 Å². The SMILES string of the molecule is CC(C)c1csc(C(=O)N2CCOC3(CCN(Cc4cccc(CCNC[C@H](O)c5ccc(O)c6[nH]c(=O)sc56)c4)CC3)C2)n1.O=C(O)C(F)(F)F.O=C(O)C(F)(F)F. The lowest BCUT2D eigenvalue weighted by atomic mass is 9.89. The zero-order chi connectivity index (χ0) is 43.7. The number of nitrogens with zero attached hydrogens (tertiary/aromatic N) is 3. The minimum absolute atomic E-state index is 0.00408. The van der Waals surface area contributed by atoms with Crippen LogP contribution in [0.4, 0.5) is 26.3 Å². The molecule has 6 N–H and O–H groups in total. The van der Waals surface area contributed by atoms with Crippen molar-refractivity contribution in [3.63, 3.8) is 0 Å². The normalized spacial score (nSPS) is 16.3. The largest absolute Gasteiger partial charge is 0.506 e. The summed E-state index contributed by atoms with van der Waals surface area (Å²) in [6.45, 7) is 9.73. The van der Waals surface area contributed by atoms with Gasteiger partial charge in [0.25, 0.3) is 5.91 Å². The number of aliphatic hydroxyl groups excluding tert-OH is 1. The lowest BCUT2D eigenvalue weighted by Gasteiger charge is -2.47. The highest BCUT2D eigenvalue weighted by atomic mass is 32.1. The van der Waals surface area contributed by atoms with Gasteiger partial charge in [-0.3, -0.25) is 14.5 Å². The van der Waals surface area contributed by atoms with Crippen molar-refractivity contribution >= 4 is 50.7 Å². The maximum Gasteiger partial charge on any atom is 0.490 e. The fourth-order valence-electron chi connectivity index (χ4n) is 6.25. The van der Waals surface area contributed by atoms with E-state index in [0.717, 1.165) is 55.9 Å². The summed E-state index contributed by atoms with van der Waals surface area (Å²) in [5.41, 5.74) is 4.18. The molecular formula is C37H43F6N5O9S2. The van der Waals surface area contributed by atoms with Crippen molar-refractivity contribution in [2.24, 2.45) is 0 Å². The summed E-state index contributed by atoms with van der Waals surface area (Å²) < 4.78 is 70.4. The summed E-state index contributed by atoms with van der Waals surface area (Å²) in [6, 6.07) is 11.8. The fraction of sp³-hybridized carbons (Fsp3) is 0.486. The van der Waals surface area contributed by atoms with Crippen molar-refractivity contribution in [3.05, 3.63) is 78.8 Å². The van der Waals surface area contributed by atoms with Crippen LogP contribution in [0.5, 0.6) is 5.75 Å². The number of aromatic amines is 1. The number of nitrogens with one attached hydrogen (secondary N) is 2. The number of rotatable bonds is 10. The molecule has 1 amide bonds. The van der Waals surface area contributed by atoms with Gasteiger partial charge in [0.05, 0.1) is 35.3 Å². The van der Waals surface area contributed by atoms with E-state index in [1.807, 2.05) is 10.3 Å². The third-order valence-electron chi connectivity index (χ3n) is 9.36. The number of aromatic hydroxyl groups is 1. The first-order valence-corrected chi connectivity index (χ1v) is 19.8. The summed E-state index contributed by atoms with van der Waals surface area (Å²) in [4.78, 5) is 54.2. The second-order valence-electron chi connectivity index (χ2n) is 14.1. The third kappa shape index (κ3) is 13.4. The number of morpholine rings is 1. The van der Waals surface area contributed by atoms with E-state index >= 15 is 0 Å². The number of piperidine rings is 1. The van der Waals surface area contributed by atoms with Crippen LogP contribution in [-0.2, 0) is 27.3 Å². The number of hydrogen-bond donors (Lipinski definition) is 6. The second-order valence-corrected chi connectivity index (χ2v) is 15.9. The summed E-state index contributed by atoms with van der Waals surface area (Å²) in [7, 11) is 0. The van der Waals surface area contributed by atoms with E-state index in [-0.39, 0.29) is 22.1 Å². The third-order valence-corrected chi connectivity index (χ3v) is 11.1. The Hall–Kier alpha value is -4.61. The summed E-state index contributed by atoms with van der Waals surface area (Å²) in [6.07, 6.45) is -8.35. The number of carboxylic acid groups (broad SMARTS) is 2. The minimum Gasteiger partial charge on any atom is -0.506 e. The number of aromatic nitrogens is 2. The molecule has 324 valence electrons. The number of carboxylic acids is 2. The number of aliphatic carboxylic acids is 2. The quantitative estimate of drug-likeness (QED) is 0.0862. The van der Waals surface area contributed by atoms with Crippen LogP contribution in [-0.4, -0.2) is 122 Å². The molecule has 1 atom stereocenters. The van der Waals surface area contributed by atoms with Crippen LogP contribution < -0.4 is 10.2 Å². The standard InChI is InChI=1S/C33H41N5O5S2.2C2HF3O2/c1-21(2)25-19-44-30(35-25)31(41)38-14-15-43-33(20-38)9-12-37(13-10-33)18-23-5-3-4-22(16-23)8-11-34-17-27(40)24-6-7-26(39)28-29(24)45-32(42)36-28;2*3-2(4,5)1(6)7/h3-7,16,19,21,27,34,39-40H,8-15,17-18,20H2,1-2H3,(H,36,42);2*(H,6,7)/t27-;;/m0../s1. The fourth-order valence-corrected chi connectivity index (χ4v) is 8.11. The Bertz CT molecular complexity index is 2090. The average molecular weight is 880 g/mol. The topological polar surface area (TPSA) is 206 Å². The zero-order valence-electron chi connectivity index (χ0n) is 31.7. The molecule has 2 aliphatic rings. The van der Waals surface area contributed by atoms with E-state index in [1.54, 1.807) is 6.07 Å². The van der Waals surface area contributed by atoms with Crippen molar-refractivity contribution in [3.8, 4) is 5.75 Å². The molecule has 2 aromatic heterocycles. The number of H-pyrrole nitrogens is 1. The van der Waals surface area contributed by atoms with Crippen LogP contribution in [0.3, 0.4) is 0 Å². The smallest absolute Gasteiger partial charge is 0.490 e. The Kier molecular flexibility index (Phi) is 16.0. The van der Waals surface area contributed by atoms with E-state index in [0.29, 0.717) is 59.5 Å². The Balaban J connectivity index is 0.000000471. The molecule has 2 fully saturated rings. The van der Waals surface area contributed by atoms with Gasteiger partial charge in [0.15, 0.2) is 5.01 Å². The number of likely N-dealkylation sites (tertiary alicyclic amines) is 1. The lowest BCUT2D eigenvalue weighted by Crippen LogP contribution is -2.57. The molecule has 4 heterocycles. The molecule has 2 aromatic carbocycles. The number of carbonyl (C=O) groups excluding carboxylic acids is 1. The van der Waals surface area contributed by atoms with Crippen molar-refractivity contribution in [1.82, 2.24) is 25.1 Å². The first kappa shape index (κ1) is 47.1. The predicted molar refractivity (Wildman–Crippen MR) is 205 cm³/mol. The number of carbonyl (C=O) groups is 3. The minimum atomic E-state index is -5.08. The Morgan fingerprint density at radius 2 is 1.63 bits per heavy atom. The van der Waals surface area contributed by atoms with Gasteiger partial charge in [-0.25, -0.2) is 14.6 Å². The molecular weight excluding hydrogens is 837 g/mol. The van der Waals surface area contributed by atoms with Crippen molar-refractivity contribution in [1.29, 1.82) is 0 Å². The highest BCUT2D eigenvalue weighted by molar-refractivity contribution is 7.16. The van der Waals surface area contributed by atoms with Gasteiger partial charge in [-0.2, -0.15) is 26.3 Å². The molecule has 0 saturated carbocycles. The van der Waals surface area contributed by atoms with Gasteiger partial charge in [-0.15, -0.1) is 11.3 Å². The Labute approximate surface area is 341 Å². The van der Waals surface area contributed by atoms with E-state index < -0.39 is 30.4 Å². The van der Waals surface area contributed by atoms with Crippen molar-refractivity contribution in [2.75, 3.05) is 45.9 Å². The van der Waals surface area contributed by atoms with Gasteiger partial charge in [-0.05, 0) is 48.9 Å². The number of thiazole rings is 2.